The SMILES string of the molecule is CCCC[NH2+][C@@H](C)c1nc2ccccc2c(=O)n1-c1ccc(F)c(Cl)c1. The van der Waals surface area contributed by atoms with Crippen LogP contribution in [0.25, 0.3) is 16.6 Å². The minimum atomic E-state index is -0.513. The lowest BCUT2D eigenvalue weighted by Gasteiger charge is -2.17. The molecule has 6 heteroatoms. The molecule has 0 spiro atoms. The number of aromatic nitrogens is 2. The van der Waals surface area contributed by atoms with E-state index in [1.165, 1.54) is 12.1 Å². The molecule has 0 unspecified atom stereocenters. The molecule has 2 aromatic carbocycles. The molecule has 0 radical (unpaired) electrons. The van der Waals surface area contributed by atoms with Crippen molar-refractivity contribution in [3.63, 3.8) is 0 Å². The average Bonchev–Trinajstić information content (AvgIpc) is 2.64. The van der Waals surface area contributed by atoms with Crippen LogP contribution in [-0.4, -0.2) is 16.1 Å². The smallest absolute Gasteiger partial charge is 0.266 e. The van der Waals surface area contributed by atoms with Gasteiger partial charge in [-0.2, -0.15) is 0 Å². The molecule has 0 fully saturated rings. The number of unbranched alkanes of at least 4 members (excludes halogenated alkanes) is 1. The van der Waals surface area contributed by atoms with E-state index in [-0.39, 0.29) is 16.6 Å². The fourth-order valence-electron chi connectivity index (χ4n) is 3.01. The Labute approximate surface area is 156 Å². The van der Waals surface area contributed by atoms with Crippen molar-refractivity contribution in [2.75, 3.05) is 6.54 Å². The number of para-hydroxylation sites is 1. The summed E-state index contributed by atoms with van der Waals surface area (Å²) in [6.45, 7) is 5.11. The number of benzene rings is 2. The van der Waals surface area contributed by atoms with Gasteiger partial charge in [0.1, 0.15) is 11.9 Å². The van der Waals surface area contributed by atoms with Gasteiger partial charge in [0.05, 0.1) is 28.2 Å². The second-order valence-corrected chi connectivity index (χ2v) is 6.80. The molecule has 0 aliphatic rings. The molecule has 1 heterocycles. The second kappa shape index (κ2) is 7.98. The summed E-state index contributed by atoms with van der Waals surface area (Å²) < 4.78 is 15.1. The Kier molecular flexibility index (Phi) is 5.69. The van der Waals surface area contributed by atoms with Gasteiger partial charge in [0.25, 0.3) is 5.56 Å². The lowest BCUT2D eigenvalue weighted by atomic mass is 10.2. The van der Waals surface area contributed by atoms with Crippen LogP contribution in [0.1, 0.15) is 38.6 Å². The first kappa shape index (κ1) is 18.5. The van der Waals surface area contributed by atoms with Crippen molar-refractivity contribution < 1.29 is 9.71 Å². The molecule has 3 aromatic rings. The maximum Gasteiger partial charge on any atom is 0.266 e. The molecular formula is C20H22ClFN3O+. The molecule has 0 aliphatic heterocycles. The van der Waals surface area contributed by atoms with Gasteiger partial charge in [-0.1, -0.05) is 37.1 Å². The van der Waals surface area contributed by atoms with Gasteiger partial charge in [-0.15, -0.1) is 0 Å². The Hall–Kier alpha value is -2.24. The Morgan fingerprint density at radius 1 is 1.27 bits per heavy atom. The highest BCUT2D eigenvalue weighted by Crippen LogP contribution is 2.21. The lowest BCUT2D eigenvalue weighted by molar-refractivity contribution is -0.694. The number of halogens is 2. The summed E-state index contributed by atoms with van der Waals surface area (Å²) in [7, 11) is 0. The maximum absolute atomic E-state index is 13.6. The molecule has 0 saturated heterocycles. The van der Waals surface area contributed by atoms with Gasteiger partial charge in [0, 0.05) is 0 Å². The van der Waals surface area contributed by atoms with Crippen LogP contribution < -0.4 is 10.9 Å². The molecular weight excluding hydrogens is 353 g/mol. The predicted octanol–water partition coefficient (Wildman–Crippen LogP) is 3.60. The molecule has 0 saturated carbocycles. The van der Waals surface area contributed by atoms with Gasteiger partial charge < -0.3 is 5.32 Å². The van der Waals surface area contributed by atoms with E-state index >= 15 is 0 Å². The van der Waals surface area contributed by atoms with Crippen molar-refractivity contribution in [1.29, 1.82) is 0 Å². The summed E-state index contributed by atoms with van der Waals surface area (Å²) in [5.41, 5.74) is 1.00. The van der Waals surface area contributed by atoms with E-state index in [0.717, 1.165) is 19.4 Å². The van der Waals surface area contributed by atoms with E-state index in [2.05, 4.69) is 12.2 Å². The number of nitrogens with two attached hydrogens (primary N) is 1. The Morgan fingerprint density at radius 2 is 2.04 bits per heavy atom. The molecule has 1 aromatic heterocycles. The number of nitrogens with zero attached hydrogens (tertiary/aromatic N) is 2. The van der Waals surface area contributed by atoms with E-state index in [9.17, 15) is 9.18 Å². The molecule has 0 aliphatic carbocycles. The van der Waals surface area contributed by atoms with Gasteiger partial charge in [-0.3, -0.25) is 9.36 Å². The normalized spacial score (nSPS) is 12.5. The summed E-state index contributed by atoms with van der Waals surface area (Å²) in [6.07, 6.45) is 2.19. The van der Waals surface area contributed by atoms with Crippen LogP contribution in [-0.2, 0) is 0 Å². The number of rotatable bonds is 6. The fourth-order valence-corrected chi connectivity index (χ4v) is 3.18. The zero-order valence-corrected chi connectivity index (χ0v) is 15.6. The number of quaternary nitrogens is 1. The fraction of sp³-hybridized carbons (Fsp3) is 0.300. The van der Waals surface area contributed by atoms with Gasteiger partial charge >= 0.3 is 0 Å². The van der Waals surface area contributed by atoms with E-state index in [1.807, 2.05) is 25.1 Å². The number of hydrogen-bond donors (Lipinski definition) is 1. The van der Waals surface area contributed by atoms with E-state index in [1.54, 1.807) is 16.7 Å². The number of hydrogen-bond acceptors (Lipinski definition) is 2. The summed E-state index contributed by atoms with van der Waals surface area (Å²) >= 11 is 5.95. The third-order valence-electron chi connectivity index (χ3n) is 4.45. The van der Waals surface area contributed by atoms with Crippen molar-refractivity contribution in [2.45, 2.75) is 32.7 Å². The van der Waals surface area contributed by atoms with Gasteiger partial charge in [-0.25, -0.2) is 9.37 Å². The van der Waals surface area contributed by atoms with Crippen molar-refractivity contribution in [1.82, 2.24) is 9.55 Å². The second-order valence-electron chi connectivity index (χ2n) is 6.39. The monoisotopic (exact) mass is 374 g/mol. The third kappa shape index (κ3) is 3.64. The summed E-state index contributed by atoms with van der Waals surface area (Å²) in [4.78, 5) is 17.9. The largest absolute Gasteiger partial charge is 0.338 e. The van der Waals surface area contributed by atoms with Crippen molar-refractivity contribution in [3.05, 3.63) is 69.5 Å². The Balaban J connectivity index is 2.20. The molecule has 26 heavy (non-hydrogen) atoms. The average molecular weight is 375 g/mol. The Morgan fingerprint density at radius 3 is 2.77 bits per heavy atom. The first-order valence-corrected chi connectivity index (χ1v) is 9.21. The third-order valence-corrected chi connectivity index (χ3v) is 4.74. The highest BCUT2D eigenvalue weighted by Gasteiger charge is 2.20. The van der Waals surface area contributed by atoms with Crippen LogP contribution in [0.15, 0.2) is 47.3 Å². The zero-order valence-electron chi connectivity index (χ0n) is 14.9. The summed E-state index contributed by atoms with van der Waals surface area (Å²) in [6, 6.07) is 11.5. The minimum Gasteiger partial charge on any atom is -0.338 e. The minimum absolute atomic E-state index is 0.0175. The predicted molar refractivity (Wildman–Crippen MR) is 102 cm³/mol. The van der Waals surface area contributed by atoms with Crippen LogP contribution in [0.4, 0.5) is 4.39 Å². The van der Waals surface area contributed by atoms with E-state index in [0.29, 0.717) is 22.4 Å². The van der Waals surface area contributed by atoms with Crippen LogP contribution >= 0.6 is 11.6 Å². The van der Waals surface area contributed by atoms with Crippen LogP contribution in [0, 0.1) is 5.82 Å². The topological polar surface area (TPSA) is 51.5 Å². The Bertz CT molecular complexity index is 986. The standard InChI is InChI=1S/C20H21ClFN3O/c1-3-4-11-23-13(2)19-24-18-8-6-5-7-15(18)20(26)25(19)14-9-10-17(22)16(21)12-14/h5-10,12-13,23H,3-4,11H2,1-2H3/p+1/t13-/m0/s1. The van der Waals surface area contributed by atoms with Crippen molar-refractivity contribution >= 4 is 22.5 Å². The van der Waals surface area contributed by atoms with Crippen LogP contribution in [0.2, 0.25) is 5.02 Å². The summed E-state index contributed by atoms with van der Waals surface area (Å²) in [5.74, 6) is 0.119. The van der Waals surface area contributed by atoms with Gasteiger partial charge in [-0.05, 0) is 43.7 Å². The van der Waals surface area contributed by atoms with Crippen molar-refractivity contribution in [3.8, 4) is 5.69 Å². The van der Waals surface area contributed by atoms with E-state index in [4.69, 9.17) is 16.6 Å². The van der Waals surface area contributed by atoms with Crippen LogP contribution in [0.5, 0.6) is 0 Å². The highest BCUT2D eigenvalue weighted by molar-refractivity contribution is 6.30. The number of fused-ring (bicyclic) bond motifs is 1. The van der Waals surface area contributed by atoms with Crippen molar-refractivity contribution in [2.24, 2.45) is 0 Å². The van der Waals surface area contributed by atoms with E-state index < -0.39 is 5.82 Å². The first-order valence-electron chi connectivity index (χ1n) is 8.83. The summed E-state index contributed by atoms with van der Waals surface area (Å²) in [5, 5.41) is 2.68. The molecule has 0 bridgehead atoms. The lowest BCUT2D eigenvalue weighted by Crippen LogP contribution is -2.85. The molecule has 4 nitrogen and oxygen atoms in total. The molecule has 3 rings (SSSR count). The highest BCUT2D eigenvalue weighted by atomic mass is 35.5. The van der Waals surface area contributed by atoms with Gasteiger partial charge in [0.2, 0.25) is 0 Å². The molecule has 0 amide bonds. The van der Waals surface area contributed by atoms with Crippen LogP contribution in [0.3, 0.4) is 0 Å². The van der Waals surface area contributed by atoms with Gasteiger partial charge in [0.15, 0.2) is 5.82 Å². The molecule has 136 valence electrons. The maximum atomic E-state index is 13.6. The quantitative estimate of drug-likeness (QED) is 0.670. The molecule has 1 atom stereocenters. The molecule has 2 N–H and O–H groups in total. The first-order chi connectivity index (χ1) is 12.5. The zero-order chi connectivity index (χ0) is 18.7.